The van der Waals surface area contributed by atoms with Gasteiger partial charge in [0.15, 0.2) is 0 Å². The van der Waals surface area contributed by atoms with Gasteiger partial charge in [0.1, 0.15) is 0 Å². The molecule has 0 aliphatic heterocycles. The Bertz CT molecular complexity index is 727. The Morgan fingerprint density at radius 2 is 1.75 bits per heavy atom. The van der Waals surface area contributed by atoms with E-state index in [4.69, 9.17) is 11.6 Å². The fourth-order valence-electron chi connectivity index (χ4n) is 2.48. The SMILES string of the molecule is CCN(CC)C(=O)c1ccc([C@H](Cl)c2cccc([N+](=O)[O-])c2)cc1. The van der Waals surface area contributed by atoms with E-state index in [0.29, 0.717) is 24.2 Å². The van der Waals surface area contributed by atoms with Gasteiger partial charge in [0.05, 0.1) is 10.3 Å². The van der Waals surface area contributed by atoms with Gasteiger partial charge in [-0.15, -0.1) is 11.6 Å². The maximum atomic E-state index is 12.3. The molecule has 24 heavy (non-hydrogen) atoms. The first-order valence-electron chi connectivity index (χ1n) is 7.75. The third kappa shape index (κ3) is 3.92. The zero-order chi connectivity index (χ0) is 17.7. The van der Waals surface area contributed by atoms with Crippen LogP contribution in [0, 0.1) is 10.1 Å². The monoisotopic (exact) mass is 346 g/mol. The molecule has 2 aromatic rings. The molecule has 0 bridgehead atoms. The molecule has 0 unspecified atom stereocenters. The van der Waals surface area contributed by atoms with Crippen molar-refractivity contribution >= 4 is 23.2 Å². The second-order valence-electron chi connectivity index (χ2n) is 5.31. The van der Waals surface area contributed by atoms with Crippen molar-refractivity contribution in [2.75, 3.05) is 13.1 Å². The number of alkyl halides is 1. The number of carbonyl (C=O) groups excluding carboxylic acids is 1. The highest BCUT2D eigenvalue weighted by Gasteiger charge is 2.16. The second-order valence-corrected chi connectivity index (χ2v) is 5.75. The van der Waals surface area contributed by atoms with Crippen LogP contribution >= 0.6 is 11.6 Å². The van der Waals surface area contributed by atoms with Gasteiger partial charge in [-0.2, -0.15) is 0 Å². The largest absolute Gasteiger partial charge is 0.339 e. The zero-order valence-corrected chi connectivity index (χ0v) is 14.4. The Labute approximate surface area is 146 Å². The van der Waals surface area contributed by atoms with Crippen LogP contribution in [0.5, 0.6) is 0 Å². The summed E-state index contributed by atoms with van der Waals surface area (Å²) in [6.45, 7) is 5.19. The van der Waals surface area contributed by atoms with E-state index in [2.05, 4.69) is 0 Å². The minimum absolute atomic E-state index is 0.00600. The molecule has 5 nitrogen and oxygen atoms in total. The Balaban J connectivity index is 2.22. The summed E-state index contributed by atoms with van der Waals surface area (Å²) in [5, 5.41) is 10.4. The number of hydrogen-bond acceptors (Lipinski definition) is 3. The van der Waals surface area contributed by atoms with Crippen LogP contribution in [0.4, 0.5) is 5.69 Å². The van der Waals surface area contributed by atoms with Crippen molar-refractivity contribution in [3.8, 4) is 0 Å². The van der Waals surface area contributed by atoms with Gasteiger partial charge in [0, 0.05) is 30.8 Å². The standard InChI is InChI=1S/C18H19ClN2O3/c1-3-20(4-2)18(22)14-10-8-13(9-11-14)17(19)15-6-5-7-16(12-15)21(23)24/h5-12,17H,3-4H2,1-2H3/t17-/m0/s1. The second kappa shape index (κ2) is 7.93. The first-order valence-corrected chi connectivity index (χ1v) is 8.19. The maximum Gasteiger partial charge on any atom is 0.269 e. The molecule has 1 amide bonds. The highest BCUT2D eigenvalue weighted by Crippen LogP contribution is 2.30. The van der Waals surface area contributed by atoms with Gasteiger partial charge in [-0.25, -0.2) is 0 Å². The van der Waals surface area contributed by atoms with Gasteiger partial charge >= 0.3 is 0 Å². The summed E-state index contributed by atoms with van der Waals surface area (Å²) in [5.74, 6) is -0.0204. The van der Waals surface area contributed by atoms with Gasteiger partial charge in [-0.3, -0.25) is 14.9 Å². The topological polar surface area (TPSA) is 63.5 Å². The number of nitro benzene ring substituents is 1. The number of nitrogens with zero attached hydrogens (tertiary/aromatic N) is 2. The fraction of sp³-hybridized carbons (Fsp3) is 0.278. The molecule has 1 atom stereocenters. The van der Waals surface area contributed by atoms with Crippen molar-refractivity contribution in [1.29, 1.82) is 0 Å². The lowest BCUT2D eigenvalue weighted by Gasteiger charge is -2.19. The van der Waals surface area contributed by atoms with Gasteiger partial charge < -0.3 is 4.90 Å². The molecule has 2 rings (SSSR count). The van der Waals surface area contributed by atoms with Crippen LogP contribution in [0.25, 0.3) is 0 Å². The summed E-state index contributed by atoms with van der Waals surface area (Å²) >= 11 is 6.44. The summed E-state index contributed by atoms with van der Waals surface area (Å²) in [7, 11) is 0. The van der Waals surface area contributed by atoms with Crippen LogP contribution in [0.2, 0.25) is 0 Å². The molecule has 0 saturated heterocycles. The molecule has 0 aromatic heterocycles. The van der Waals surface area contributed by atoms with Crippen molar-refractivity contribution in [1.82, 2.24) is 4.90 Å². The number of hydrogen-bond donors (Lipinski definition) is 0. The number of halogens is 1. The van der Waals surface area contributed by atoms with Crippen molar-refractivity contribution in [2.45, 2.75) is 19.2 Å². The number of amides is 1. The van der Waals surface area contributed by atoms with Crippen molar-refractivity contribution in [3.05, 3.63) is 75.3 Å². The minimum atomic E-state index is -0.512. The predicted molar refractivity (Wildman–Crippen MR) is 94.5 cm³/mol. The van der Waals surface area contributed by atoms with E-state index in [9.17, 15) is 14.9 Å². The van der Waals surface area contributed by atoms with E-state index in [1.54, 1.807) is 41.3 Å². The summed E-state index contributed by atoms with van der Waals surface area (Å²) < 4.78 is 0. The molecule has 6 heteroatoms. The van der Waals surface area contributed by atoms with Gasteiger partial charge in [-0.05, 0) is 37.1 Å². The minimum Gasteiger partial charge on any atom is -0.339 e. The van der Waals surface area contributed by atoms with Crippen LogP contribution in [-0.4, -0.2) is 28.8 Å². The van der Waals surface area contributed by atoms with Crippen LogP contribution in [0.3, 0.4) is 0 Å². The van der Waals surface area contributed by atoms with E-state index < -0.39 is 10.3 Å². The molecule has 0 heterocycles. The molecular formula is C18H19ClN2O3. The van der Waals surface area contributed by atoms with Crippen molar-refractivity contribution in [2.24, 2.45) is 0 Å². The summed E-state index contributed by atoms with van der Waals surface area (Å²) in [6.07, 6.45) is 0. The van der Waals surface area contributed by atoms with Crippen LogP contribution in [0.15, 0.2) is 48.5 Å². The van der Waals surface area contributed by atoms with E-state index in [0.717, 1.165) is 5.56 Å². The number of rotatable bonds is 6. The highest BCUT2D eigenvalue weighted by molar-refractivity contribution is 6.22. The first kappa shape index (κ1) is 17.9. The van der Waals surface area contributed by atoms with Crippen molar-refractivity contribution in [3.63, 3.8) is 0 Å². The molecule has 0 aliphatic carbocycles. The normalized spacial score (nSPS) is 11.8. The molecule has 0 N–H and O–H groups in total. The Hall–Kier alpha value is -2.40. The number of carbonyl (C=O) groups is 1. The Morgan fingerprint density at radius 3 is 2.29 bits per heavy atom. The molecule has 0 fully saturated rings. The van der Waals surface area contributed by atoms with Crippen LogP contribution in [-0.2, 0) is 0 Å². The Kier molecular flexibility index (Phi) is 5.93. The van der Waals surface area contributed by atoms with Gasteiger partial charge in [0.2, 0.25) is 0 Å². The van der Waals surface area contributed by atoms with E-state index in [-0.39, 0.29) is 11.6 Å². The van der Waals surface area contributed by atoms with E-state index in [1.165, 1.54) is 12.1 Å². The van der Waals surface area contributed by atoms with Gasteiger partial charge in [-0.1, -0.05) is 24.3 Å². The molecule has 0 spiro atoms. The molecule has 0 aliphatic rings. The summed E-state index contributed by atoms with van der Waals surface area (Å²) in [6, 6.07) is 13.3. The molecule has 126 valence electrons. The summed E-state index contributed by atoms with van der Waals surface area (Å²) in [5.41, 5.74) is 2.04. The summed E-state index contributed by atoms with van der Waals surface area (Å²) in [4.78, 5) is 24.5. The molecular weight excluding hydrogens is 328 g/mol. The van der Waals surface area contributed by atoms with Gasteiger partial charge in [0.25, 0.3) is 11.6 Å². The lowest BCUT2D eigenvalue weighted by molar-refractivity contribution is -0.384. The lowest BCUT2D eigenvalue weighted by Crippen LogP contribution is -2.30. The van der Waals surface area contributed by atoms with Crippen LogP contribution < -0.4 is 0 Å². The zero-order valence-electron chi connectivity index (χ0n) is 13.6. The fourth-order valence-corrected chi connectivity index (χ4v) is 2.76. The predicted octanol–water partition coefficient (Wildman–Crippen LogP) is 4.41. The lowest BCUT2D eigenvalue weighted by atomic mass is 10.0. The molecule has 0 radical (unpaired) electrons. The smallest absolute Gasteiger partial charge is 0.269 e. The first-order chi connectivity index (χ1) is 11.5. The van der Waals surface area contributed by atoms with E-state index >= 15 is 0 Å². The third-order valence-electron chi connectivity index (χ3n) is 3.87. The van der Waals surface area contributed by atoms with Crippen molar-refractivity contribution < 1.29 is 9.72 Å². The quantitative estimate of drug-likeness (QED) is 0.442. The average Bonchev–Trinajstić information content (AvgIpc) is 2.62. The van der Waals surface area contributed by atoms with E-state index in [1.807, 2.05) is 13.8 Å². The third-order valence-corrected chi connectivity index (χ3v) is 4.38. The maximum absolute atomic E-state index is 12.3. The number of non-ortho nitro benzene ring substituents is 1. The highest BCUT2D eigenvalue weighted by atomic mass is 35.5. The van der Waals surface area contributed by atoms with Crippen LogP contribution in [0.1, 0.15) is 40.7 Å². The number of nitro groups is 1. The number of benzene rings is 2. The molecule has 2 aromatic carbocycles. The Morgan fingerprint density at radius 1 is 1.12 bits per heavy atom. The molecule has 0 saturated carbocycles. The average molecular weight is 347 g/mol.